The third-order valence-electron chi connectivity index (χ3n) is 3.36. The zero-order chi connectivity index (χ0) is 24.8. The first-order valence-electron chi connectivity index (χ1n) is 10.2. The van der Waals surface area contributed by atoms with Crippen LogP contribution in [-0.4, -0.2) is 75.6 Å². The molecule has 0 heterocycles. The largest absolute Gasteiger partial charge is 0.463 e. The summed E-state index contributed by atoms with van der Waals surface area (Å²) < 4.78 is 23.5. The normalized spacial score (nSPS) is 9.62. The molecule has 0 atom stereocenters. The predicted octanol–water partition coefficient (Wildman–Crippen LogP) is 1.33. The molecule has 0 aliphatic rings. The average molecular weight is 462 g/mol. The van der Waals surface area contributed by atoms with Gasteiger partial charge in [0, 0.05) is 26.9 Å². The lowest BCUT2D eigenvalue weighted by molar-refractivity contribution is -0.157. The fourth-order valence-corrected chi connectivity index (χ4v) is 1.84. The second-order valence-electron chi connectivity index (χ2n) is 6.46. The molecule has 0 radical (unpaired) electrons. The van der Waals surface area contributed by atoms with E-state index < -0.39 is 17.9 Å². The number of hydrogen-bond donors (Lipinski definition) is 0. The first-order chi connectivity index (χ1) is 15.1. The van der Waals surface area contributed by atoms with Crippen molar-refractivity contribution in [1.29, 1.82) is 0 Å². The van der Waals surface area contributed by atoms with Crippen LogP contribution in [0.2, 0.25) is 0 Å². The Morgan fingerprint density at radius 2 is 1.31 bits per heavy atom. The highest BCUT2D eigenvalue weighted by atomic mass is 16.6. The lowest BCUT2D eigenvalue weighted by Crippen LogP contribution is -2.15. The smallest absolute Gasteiger partial charge is 0.344 e. The van der Waals surface area contributed by atoms with Gasteiger partial charge in [0.2, 0.25) is 0 Å². The average Bonchev–Trinajstić information content (AvgIpc) is 2.73. The van der Waals surface area contributed by atoms with Crippen molar-refractivity contribution in [3.63, 3.8) is 0 Å². The molecule has 0 aliphatic carbocycles. The fourth-order valence-electron chi connectivity index (χ4n) is 1.84. The zero-order valence-corrected chi connectivity index (χ0v) is 19.3. The van der Waals surface area contributed by atoms with Crippen LogP contribution >= 0.6 is 0 Å². The Morgan fingerprint density at radius 3 is 1.88 bits per heavy atom. The number of hydrogen-bond acceptors (Lipinski definition) is 11. The molecule has 0 saturated heterocycles. The highest BCUT2D eigenvalue weighted by Gasteiger charge is 2.08. The van der Waals surface area contributed by atoms with E-state index in [2.05, 4.69) is 9.47 Å². The maximum atomic E-state index is 11.2. The van der Waals surface area contributed by atoms with E-state index in [1.165, 1.54) is 21.0 Å². The molecule has 11 nitrogen and oxygen atoms in total. The van der Waals surface area contributed by atoms with Crippen LogP contribution < -0.4 is 0 Å². The van der Waals surface area contributed by atoms with E-state index in [4.69, 9.17) is 14.2 Å². The Morgan fingerprint density at radius 1 is 0.656 bits per heavy atom. The Hall–Kier alpha value is -2.82. The van der Waals surface area contributed by atoms with Crippen molar-refractivity contribution in [2.24, 2.45) is 0 Å². The summed E-state index contributed by atoms with van der Waals surface area (Å²) >= 11 is 0. The SMILES string of the molecule is CCC(=O)OCC(=O)CC(C)=O.COCCOC(=O)CCCCCOC(=O)COC(C)=O. The molecule has 0 aromatic carbocycles. The first-order valence-corrected chi connectivity index (χ1v) is 10.2. The molecule has 184 valence electrons. The van der Waals surface area contributed by atoms with E-state index >= 15 is 0 Å². The van der Waals surface area contributed by atoms with Crippen LogP contribution in [0.25, 0.3) is 0 Å². The van der Waals surface area contributed by atoms with Crippen molar-refractivity contribution in [2.45, 2.75) is 59.3 Å². The molecule has 0 amide bonds. The number of esters is 4. The Kier molecular flexibility index (Phi) is 21.0. The number of carbonyl (C=O) groups excluding carboxylic acids is 6. The van der Waals surface area contributed by atoms with Crippen LogP contribution in [0.5, 0.6) is 0 Å². The highest BCUT2D eigenvalue weighted by molar-refractivity contribution is 5.99. The van der Waals surface area contributed by atoms with Gasteiger partial charge in [-0.2, -0.15) is 0 Å². The van der Waals surface area contributed by atoms with E-state index in [0.717, 1.165) is 6.42 Å². The van der Waals surface area contributed by atoms with Crippen molar-refractivity contribution >= 4 is 35.4 Å². The quantitative estimate of drug-likeness (QED) is 0.141. The minimum atomic E-state index is -0.570. The van der Waals surface area contributed by atoms with Crippen LogP contribution in [-0.2, 0) is 52.5 Å². The van der Waals surface area contributed by atoms with Crippen molar-refractivity contribution in [3.8, 4) is 0 Å². The molecule has 0 aromatic rings. The van der Waals surface area contributed by atoms with Gasteiger partial charge in [0.25, 0.3) is 0 Å². The van der Waals surface area contributed by atoms with Crippen molar-refractivity contribution in [1.82, 2.24) is 0 Å². The van der Waals surface area contributed by atoms with Crippen molar-refractivity contribution in [2.75, 3.05) is 40.1 Å². The predicted molar refractivity (Wildman–Crippen MR) is 110 cm³/mol. The maximum Gasteiger partial charge on any atom is 0.344 e. The van der Waals surface area contributed by atoms with Crippen molar-refractivity contribution < 1.29 is 52.5 Å². The van der Waals surface area contributed by atoms with E-state index in [1.807, 2.05) is 0 Å². The lowest BCUT2D eigenvalue weighted by atomic mass is 10.2. The molecular formula is C21H34O11. The number of ether oxygens (including phenoxy) is 5. The molecule has 0 spiro atoms. The number of carbonyl (C=O) groups is 6. The van der Waals surface area contributed by atoms with E-state index in [1.54, 1.807) is 6.92 Å². The Balaban J connectivity index is 0. The molecule has 0 N–H and O–H groups in total. The van der Waals surface area contributed by atoms with Crippen LogP contribution in [0.15, 0.2) is 0 Å². The summed E-state index contributed by atoms with van der Waals surface area (Å²) in [6.07, 6.45) is 2.50. The minimum Gasteiger partial charge on any atom is -0.463 e. The molecule has 0 rings (SSSR count). The van der Waals surface area contributed by atoms with E-state index in [9.17, 15) is 28.8 Å². The van der Waals surface area contributed by atoms with Crippen LogP contribution in [0.4, 0.5) is 0 Å². The summed E-state index contributed by atoms with van der Waals surface area (Å²) in [6, 6.07) is 0. The third-order valence-corrected chi connectivity index (χ3v) is 3.36. The fraction of sp³-hybridized carbons (Fsp3) is 0.714. The van der Waals surface area contributed by atoms with Gasteiger partial charge in [-0.05, 0) is 26.2 Å². The highest BCUT2D eigenvalue weighted by Crippen LogP contribution is 2.02. The van der Waals surface area contributed by atoms with Crippen LogP contribution in [0, 0.1) is 0 Å². The number of Topliss-reactive ketones (excluding diaryl/α,β-unsaturated/α-hetero) is 2. The monoisotopic (exact) mass is 462 g/mol. The molecule has 11 heteroatoms. The van der Waals surface area contributed by atoms with Crippen molar-refractivity contribution in [3.05, 3.63) is 0 Å². The molecular weight excluding hydrogens is 428 g/mol. The van der Waals surface area contributed by atoms with Gasteiger partial charge in [-0.1, -0.05) is 6.92 Å². The number of rotatable bonds is 16. The van der Waals surface area contributed by atoms with E-state index in [0.29, 0.717) is 25.9 Å². The van der Waals surface area contributed by atoms with Gasteiger partial charge < -0.3 is 23.7 Å². The molecule has 0 bridgehead atoms. The minimum absolute atomic E-state index is 0.156. The number of methoxy groups -OCH3 is 1. The third kappa shape index (κ3) is 25.2. The van der Waals surface area contributed by atoms with Gasteiger partial charge >= 0.3 is 23.9 Å². The van der Waals surface area contributed by atoms with Gasteiger partial charge in [-0.3, -0.25) is 24.0 Å². The Bertz CT molecular complexity index is 599. The van der Waals surface area contributed by atoms with Crippen LogP contribution in [0.3, 0.4) is 0 Å². The molecule has 32 heavy (non-hydrogen) atoms. The molecule has 0 fully saturated rings. The summed E-state index contributed by atoms with van der Waals surface area (Å²) in [5.74, 6) is -2.34. The molecule has 0 saturated carbocycles. The molecule has 0 aliphatic heterocycles. The van der Waals surface area contributed by atoms with Gasteiger partial charge in [0.1, 0.15) is 19.0 Å². The molecule has 0 aromatic heterocycles. The standard InChI is InChI=1S/C13H22O7.C8H12O4/c1-11(14)20-10-13(16)18-7-5-3-4-6-12(15)19-9-8-17-2;1-3-8(11)12-5-7(10)4-6(2)9/h3-10H2,1-2H3;3-5H2,1-2H3. The first kappa shape index (κ1) is 31.4. The van der Waals surface area contributed by atoms with Crippen LogP contribution in [0.1, 0.15) is 59.3 Å². The summed E-state index contributed by atoms with van der Waals surface area (Å²) in [4.78, 5) is 64.4. The van der Waals surface area contributed by atoms with E-state index in [-0.39, 0.29) is 56.8 Å². The van der Waals surface area contributed by atoms with Gasteiger partial charge in [-0.15, -0.1) is 0 Å². The lowest BCUT2D eigenvalue weighted by Gasteiger charge is -2.05. The summed E-state index contributed by atoms with van der Waals surface area (Å²) in [5, 5.41) is 0. The zero-order valence-electron chi connectivity index (χ0n) is 19.3. The van der Waals surface area contributed by atoms with Gasteiger partial charge in [0.15, 0.2) is 12.4 Å². The summed E-state index contributed by atoms with van der Waals surface area (Å²) in [6.45, 7) is 4.44. The topological polar surface area (TPSA) is 149 Å². The summed E-state index contributed by atoms with van der Waals surface area (Å²) in [5.41, 5.74) is 0. The second-order valence-corrected chi connectivity index (χ2v) is 6.46. The number of unbranched alkanes of at least 4 members (excludes halogenated alkanes) is 2. The molecule has 0 unspecified atom stereocenters. The second kappa shape index (κ2) is 21.4. The van der Waals surface area contributed by atoms with Gasteiger partial charge in [-0.25, -0.2) is 4.79 Å². The maximum absolute atomic E-state index is 11.2. The van der Waals surface area contributed by atoms with Gasteiger partial charge in [0.05, 0.1) is 19.6 Å². The summed E-state index contributed by atoms with van der Waals surface area (Å²) in [7, 11) is 1.54. The number of ketones is 2. The Labute approximate surface area is 188 Å².